The van der Waals surface area contributed by atoms with E-state index >= 15 is 0 Å². The predicted octanol–water partition coefficient (Wildman–Crippen LogP) is -2.60. The third kappa shape index (κ3) is 4.61. The number of carboxylic acids is 1. The van der Waals surface area contributed by atoms with Crippen molar-refractivity contribution in [2.45, 2.75) is 6.04 Å². The van der Waals surface area contributed by atoms with Crippen LogP contribution in [0.3, 0.4) is 0 Å². The quantitative estimate of drug-likeness (QED) is 0.341. The number of aliphatic carboxylic acids is 1. The maximum Gasteiger partial charge on any atom is 0.322 e. The normalized spacial score (nSPS) is 12.2. The van der Waals surface area contributed by atoms with Crippen molar-refractivity contribution in [2.24, 2.45) is 11.6 Å². The van der Waals surface area contributed by atoms with Gasteiger partial charge in [0, 0.05) is 6.54 Å². The van der Waals surface area contributed by atoms with Gasteiger partial charge in [0.05, 0.1) is 0 Å². The minimum Gasteiger partial charge on any atom is -0.480 e. The van der Waals surface area contributed by atoms with Gasteiger partial charge < -0.3 is 16.2 Å². The van der Waals surface area contributed by atoms with Gasteiger partial charge in [-0.3, -0.25) is 14.4 Å². The SMILES string of the molecule is NOCC(=O)NC[C@H](N)C(=O)O. The predicted molar refractivity (Wildman–Crippen MR) is 38.8 cm³/mol. The van der Waals surface area contributed by atoms with Crippen LogP contribution in [0.25, 0.3) is 0 Å². The molecule has 0 aliphatic carbocycles. The number of nitrogens with two attached hydrogens (primary N) is 2. The highest BCUT2D eigenvalue weighted by Gasteiger charge is 2.11. The highest BCUT2D eigenvalue weighted by Crippen LogP contribution is 1.75. The first-order valence-corrected chi connectivity index (χ1v) is 3.14. The Labute approximate surface area is 68.6 Å². The molecule has 0 rings (SSSR count). The molecule has 0 heterocycles. The fourth-order valence-corrected chi connectivity index (χ4v) is 0.438. The van der Waals surface area contributed by atoms with Crippen LogP contribution in [0.4, 0.5) is 0 Å². The molecule has 1 amide bonds. The first-order valence-electron chi connectivity index (χ1n) is 3.14. The molecule has 7 heteroatoms. The van der Waals surface area contributed by atoms with Gasteiger partial charge in [-0.25, -0.2) is 5.90 Å². The molecule has 6 N–H and O–H groups in total. The van der Waals surface area contributed by atoms with Crippen molar-refractivity contribution in [1.82, 2.24) is 5.32 Å². The second kappa shape index (κ2) is 5.47. The number of carbonyl (C=O) groups is 2. The number of hydrogen-bond acceptors (Lipinski definition) is 5. The zero-order valence-corrected chi connectivity index (χ0v) is 6.32. The van der Waals surface area contributed by atoms with Crippen LogP contribution < -0.4 is 16.9 Å². The van der Waals surface area contributed by atoms with Gasteiger partial charge in [-0.2, -0.15) is 0 Å². The lowest BCUT2D eigenvalue weighted by molar-refractivity contribution is -0.138. The van der Waals surface area contributed by atoms with E-state index in [0.29, 0.717) is 0 Å². The summed E-state index contributed by atoms with van der Waals surface area (Å²) in [7, 11) is 0. The summed E-state index contributed by atoms with van der Waals surface area (Å²) in [5, 5.41) is 10.5. The molecule has 0 saturated carbocycles. The van der Waals surface area contributed by atoms with E-state index in [1.807, 2.05) is 0 Å². The Morgan fingerprint density at radius 1 is 1.58 bits per heavy atom. The summed E-state index contributed by atoms with van der Waals surface area (Å²) in [6, 6.07) is -1.10. The number of nitrogens with one attached hydrogen (secondary N) is 1. The van der Waals surface area contributed by atoms with Crippen LogP contribution >= 0.6 is 0 Å². The minimum absolute atomic E-state index is 0.141. The van der Waals surface area contributed by atoms with E-state index in [0.717, 1.165) is 0 Å². The summed E-state index contributed by atoms with van der Waals surface area (Å²) in [6.45, 7) is -0.454. The third-order valence-corrected chi connectivity index (χ3v) is 1.05. The van der Waals surface area contributed by atoms with Gasteiger partial charge in [0.15, 0.2) is 0 Å². The van der Waals surface area contributed by atoms with Gasteiger partial charge >= 0.3 is 5.97 Å². The first kappa shape index (κ1) is 10.8. The molecule has 0 aliphatic heterocycles. The first-order chi connectivity index (χ1) is 5.57. The fraction of sp³-hybridized carbons (Fsp3) is 0.600. The summed E-state index contributed by atoms with van der Waals surface area (Å²) in [5.74, 6) is 2.90. The second-order valence-corrected chi connectivity index (χ2v) is 2.06. The lowest BCUT2D eigenvalue weighted by atomic mass is 10.3. The maximum absolute atomic E-state index is 10.6. The number of carbonyl (C=O) groups excluding carboxylic acids is 1. The standard InChI is InChI=1S/C5H11N3O4/c6-3(5(10)11)1-8-4(9)2-12-7/h3H,1-2,6-7H2,(H,8,9)(H,10,11)/t3-/m0/s1. The van der Waals surface area contributed by atoms with E-state index in [1.54, 1.807) is 0 Å². The molecular weight excluding hydrogens is 166 g/mol. The van der Waals surface area contributed by atoms with Gasteiger partial charge in [0.1, 0.15) is 12.6 Å². The van der Waals surface area contributed by atoms with Crippen molar-refractivity contribution >= 4 is 11.9 Å². The minimum atomic E-state index is -1.18. The summed E-state index contributed by atoms with van der Waals surface area (Å²) in [4.78, 5) is 24.7. The monoisotopic (exact) mass is 177 g/mol. The van der Waals surface area contributed by atoms with Gasteiger partial charge in [0.25, 0.3) is 0 Å². The molecule has 0 spiro atoms. The molecule has 0 aliphatic rings. The number of rotatable bonds is 5. The third-order valence-electron chi connectivity index (χ3n) is 1.05. The van der Waals surface area contributed by atoms with E-state index in [1.165, 1.54) is 0 Å². The van der Waals surface area contributed by atoms with E-state index in [2.05, 4.69) is 16.1 Å². The number of amides is 1. The molecule has 0 saturated heterocycles. The highest BCUT2D eigenvalue weighted by atomic mass is 16.6. The molecule has 0 aromatic carbocycles. The molecule has 0 fully saturated rings. The van der Waals surface area contributed by atoms with Gasteiger partial charge in [-0.05, 0) is 0 Å². The van der Waals surface area contributed by atoms with Crippen LogP contribution in [-0.4, -0.2) is 36.2 Å². The lowest BCUT2D eigenvalue weighted by Crippen LogP contribution is -2.43. The van der Waals surface area contributed by atoms with Crippen LogP contribution in [0, 0.1) is 0 Å². The van der Waals surface area contributed by atoms with Crippen molar-refractivity contribution in [3.05, 3.63) is 0 Å². The van der Waals surface area contributed by atoms with E-state index < -0.39 is 17.9 Å². The average molecular weight is 177 g/mol. The lowest BCUT2D eigenvalue weighted by Gasteiger charge is -2.06. The number of hydrogen-bond donors (Lipinski definition) is 4. The summed E-state index contributed by atoms with van der Waals surface area (Å²) < 4.78 is 0. The van der Waals surface area contributed by atoms with Gasteiger partial charge in [-0.1, -0.05) is 0 Å². The van der Waals surface area contributed by atoms with Crippen LogP contribution in [0.1, 0.15) is 0 Å². The Balaban J connectivity index is 3.54. The van der Waals surface area contributed by atoms with E-state index in [9.17, 15) is 9.59 Å². The summed E-state index contributed by atoms with van der Waals surface area (Å²) >= 11 is 0. The molecule has 0 radical (unpaired) electrons. The maximum atomic E-state index is 10.6. The highest BCUT2D eigenvalue weighted by molar-refractivity contribution is 5.79. The van der Waals surface area contributed by atoms with Gasteiger partial charge in [-0.15, -0.1) is 0 Å². The van der Waals surface area contributed by atoms with Crippen LogP contribution in [0.2, 0.25) is 0 Å². The Morgan fingerprint density at radius 2 is 2.17 bits per heavy atom. The Hall–Kier alpha value is -1.18. The van der Waals surface area contributed by atoms with Crippen molar-refractivity contribution in [3.8, 4) is 0 Å². The molecule has 70 valence electrons. The molecule has 0 unspecified atom stereocenters. The summed E-state index contributed by atoms with van der Waals surface area (Å²) in [6.07, 6.45) is 0. The molecule has 0 aromatic rings. The molecule has 0 aromatic heterocycles. The topological polar surface area (TPSA) is 128 Å². The van der Waals surface area contributed by atoms with E-state index in [-0.39, 0.29) is 13.2 Å². The Morgan fingerprint density at radius 3 is 2.58 bits per heavy atom. The molecular formula is C5H11N3O4. The molecule has 1 atom stereocenters. The summed E-state index contributed by atoms with van der Waals surface area (Å²) in [5.41, 5.74) is 5.07. The Kier molecular flexibility index (Phi) is 4.93. The zero-order valence-electron chi connectivity index (χ0n) is 6.32. The Bertz CT molecular complexity index is 172. The van der Waals surface area contributed by atoms with Crippen molar-refractivity contribution in [2.75, 3.05) is 13.2 Å². The molecule has 7 nitrogen and oxygen atoms in total. The zero-order chi connectivity index (χ0) is 9.56. The molecule has 0 bridgehead atoms. The van der Waals surface area contributed by atoms with E-state index in [4.69, 9.17) is 10.8 Å². The van der Waals surface area contributed by atoms with Crippen LogP contribution in [0.5, 0.6) is 0 Å². The fourth-order valence-electron chi connectivity index (χ4n) is 0.438. The second-order valence-electron chi connectivity index (χ2n) is 2.06. The van der Waals surface area contributed by atoms with Crippen LogP contribution in [0.15, 0.2) is 0 Å². The van der Waals surface area contributed by atoms with Crippen LogP contribution in [-0.2, 0) is 14.4 Å². The average Bonchev–Trinajstić information content (AvgIpc) is 2.00. The van der Waals surface area contributed by atoms with Crippen molar-refractivity contribution < 1.29 is 19.5 Å². The van der Waals surface area contributed by atoms with Crippen molar-refractivity contribution in [1.29, 1.82) is 0 Å². The van der Waals surface area contributed by atoms with Crippen molar-refractivity contribution in [3.63, 3.8) is 0 Å². The van der Waals surface area contributed by atoms with Gasteiger partial charge in [0.2, 0.25) is 5.91 Å². The number of carboxylic acid groups (broad SMARTS) is 1. The smallest absolute Gasteiger partial charge is 0.322 e. The largest absolute Gasteiger partial charge is 0.480 e. The molecule has 12 heavy (non-hydrogen) atoms.